The predicted octanol–water partition coefficient (Wildman–Crippen LogP) is 5.79. The van der Waals surface area contributed by atoms with Crippen LogP contribution in [-0.4, -0.2) is 0 Å². The average Bonchev–Trinajstić information content (AvgIpc) is 3.08. The van der Waals surface area contributed by atoms with Gasteiger partial charge in [0.15, 0.2) is 0 Å². The Kier molecular flexibility index (Phi) is 4.65. The SMILES string of the molecule is C(=CC(Cc1ccccc1)c1cccs1)c1ccccc1. The first kappa shape index (κ1) is 13.8. The molecule has 1 heterocycles. The van der Waals surface area contributed by atoms with Gasteiger partial charge >= 0.3 is 0 Å². The van der Waals surface area contributed by atoms with Crippen LogP contribution in [0.4, 0.5) is 0 Å². The fourth-order valence-electron chi connectivity index (χ4n) is 2.43. The third-order valence-corrected chi connectivity index (χ3v) is 4.53. The van der Waals surface area contributed by atoms with E-state index in [-0.39, 0.29) is 0 Å². The lowest BCUT2D eigenvalue weighted by Gasteiger charge is -2.11. The molecule has 0 fully saturated rings. The molecule has 1 heteroatoms. The molecular formula is C20H18S. The van der Waals surface area contributed by atoms with E-state index < -0.39 is 0 Å². The summed E-state index contributed by atoms with van der Waals surface area (Å²) in [6, 6.07) is 25.6. The van der Waals surface area contributed by atoms with E-state index in [2.05, 4.69) is 90.3 Å². The van der Waals surface area contributed by atoms with Crippen molar-refractivity contribution < 1.29 is 0 Å². The number of thiophene rings is 1. The van der Waals surface area contributed by atoms with Gasteiger partial charge in [-0.25, -0.2) is 0 Å². The monoisotopic (exact) mass is 290 g/mol. The number of hydrogen-bond acceptors (Lipinski definition) is 1. The number of benzene rings is 2. The highest BCUT2D eigenvalue weighted by molar-refractivity contribution is 7.10. The molecular weight excluding hydrogens is 272 g/mol. The fraction of sp³-hybridized carbons (Fsp3) is 0.100. The lowest BCUT2D eigenvalue weighted by Crippen LogP contribution is -1.97. The first-order valence-electron chi connectivity index (χ1n) is 7.22. The largest absolute Gasteiger partial charge is 0.148 e. The highest BCUT2D eigenvalue weighted by Gasteiger charge is 2.10. The van der Waals surface area contributed by atoms with Crippen molar-refractivity contribution in [1.29, 1.82) is 0 Å². The van der Waals surface area contributed by atoms with Crippen LogP contribution in [0.25, 0.3) is 6.08 Å². The third kappa shape index (κ3) is 3.93. The summed E-state index contributed by atoms with van der Waals surface area (Å²) >= 11 is 1.83. The van der Waals surface area contributed by atoms with Crippen molar-refractivity contribution in [2.24, 2.45) is 0 Å². The van der Waals surface area contributed by atoms with Gasteiger partial charge < -0.3 is 0 Å². The van der Waals surface area contributed by atoms with E-state index in [0.29, 0.717) is 5.92 Å². The van der Waals surface area contributed by atoms with Crippen LogP contribution in [0.15, 0.2) is 84.3 Å². The van der Waals surface area contributed by atoms with Crippen LogP contribution in [0.1, 0.15) is 21.9 Å². The maximum atomic E-state index is 2.33. The smallest absolute Gasteiger partial charge is 0.0156 e. The summed E-state index contributed by atoms with van der Waals surface area (Å²) in [5, 5.41) is 2.16. The first-order valence-corrected chi connectivity index (χ1v) is 8.10. The molecule has 0 saturated heterocycles. The zero-order valence-corrected chi connectivity index (χ0v) is 12.7. The molecule has 0 nitrogen and oxygen atoms in total. The number of hydrogen-bond donors (Lipinski definition) is 0. The molecule has 0 spiro atoms. The van der Waals surface area contributed by atoms with Crippen LogP contribution < -0.4 is 0 Å². The highest BCUT2D eigenvalue weighted by atomic mass is 32.1. The van der Waals surface area contributed by atoms with Gasteiger partial charge in [0.25, 0.3) is 0 Å². The van der Waals surface area contributed by atoms with Crippen LogP contribution in [0.3, 0.4) is 0 Å². The van der Waals surface area contributed by atoms with E-state index in [1.807, 2.05) is 11.3 Å². The third-order valence-electron chi connectivity index (χ3n) is 3.53. The molecule has 1 aromatic heterocycles. The van der Waals surface area contributed by atoms with Gasteiger partial charge in [-0.05, 0) is 29.0 Å². The van der Waals surface area contributed by atoms with E-state index in [0.717, 1.165) is 6.42 Å². The topological polar surface area (TPSA) is 0 Å². The van der Waals surface area contributed by atoms with Crippen LogP contribution in [0.2, 0.25) is 0 Å². The van der Waals surface area contributed by atoms with Crippen molar-refractivity contribution in [1.82, 2.24) is 0 Å². The Morgan fingerprint density at radius 2 is 1.52 bits per heavy atom. The standard InChI is InChI=1S/C20H18S/c1-3-8-17(9-4-1)13-14-19(20-12-7-15-21-20)16-18-10-5-2-6-11-18/h1-15,19H,16H2. The molecule has 1 unspecified atom stereocenters. The summed E-state index contributed by atoms with van der Waals surface area (Å²) in [6.07, 6.45) is 5.60. The summed E-state index contributed by atoms with van der Waals surface area (Å²) in [6.45, 7) is 0. The van der Waals surface area contributed by atoms with Gasteiger partial charge in [0.1, 0.15) is 0 Å². The van der Waals surface area contributed by atoms with E-state index >= 15 is 0 Å². The zero-order valence-electron chi connectivity index (χ0n) is 11.9. The van der Waals surface area contributed by atoms with Crippen molar-refractivity contribution in [2.45, 2.75) is 12.3 Å². The lowest BCUT2D eigenvalue weighted by molar-refractivity contribution is 0.857. The van der Waals surface area contributed by atoms with Crippen molar-refractivity contribution in [3.8, 4) is 0 Å². The van der Waals surface area contributed by atoms with E-state index in [1.54, 1.807) is 0 Å². The van der Waals surface area contributed by atoms with Crippen molar-refractivity contribution in [3.63, 3.8) is 0 Å². The summed E-state index contributed by atoms with van der Waals surface area (Å²) in [5.41, 5.74) is 2.64. The van der Waals surface area contributed by atoms with Gasteiger partial charge in [-0.15, -0.1) is 11.3 Å². The van der Waals surface area contributed by atoms with Gasteiger partial charge in [-0.2, -0.15) is 0 Å². The quantitative estimate of drug-likeness (QED) is 0.558. The molecule has 3 aromatic rings. The summed E-state index contributed by atoms with van der Waals surface area (Å²) < 4.78 is 0. The Balaban J connectivity index is 1.82. The Bertz CT molecular complexity index is 666. The summed E-state index contributed by atoms with van der Waals surface area (Å²) in [5.74, 6) is 0.438. The van der Waals surface area contributed by atoms with Crippen molar-refractivity contribution in [3.05, 3.63) is 100 Å². The molecule has 2 aromatic carbocycles. The van der Waals surface area contributed by atoms with Crippen LogP contribution in [-0.2, 0) is 6.42 Å². The Morgan fingerprint density at radius 3 is 2.19 bits per heavy atom. The maximum Gasteiger partial charge on any atom is 0.0156 e. The Hall–Kier alpha value is -2.12. The van der Waals surface area contributed by atoms with Crippen molar-refractivity contribution >= 4 is 17.4 Å². The average molecular weight is 290 g/mol. The molecule has 104 valence electrons. The number of allylic oxidation sites excluding steroid dienone is 1. The van der Waals surface area contributed by atoms with Gasteiger partial charge in [0, 0.05) is 10.8 Å². The van der Waals surface area contributed by atoms with E-state index in [4.69, 9.17) is 0 Å². The van der Waals surface area contributed by atoms with Gasteiger partial charge in [0.2, 0.25) is 0 Å². The molecule has 1 atom stereocenters. The minimum absolute atomic E-state index is 0.438. The molecule has 0 aliphatic rings. The van der Waals surface area contributed by atoms with Crippen LogP contribution >= 0.6 is 11.3 Å². The van der Waals surface area contributed by atoms with Crippen LogP contribution in [0.5, 0.6) is 0 Å². The normalized spacial score (nSPS) is 12.6. The molecule has 21 heavy (non-hydrogen) atoms. The molecule has 0 amide bonds. The molecule has 0 aliphatic carbocycles. The minimum Gasteiger partial charge on any atom is -0.148 e. The predicted molar refractivity (Wildman–Crippen MR) is 92.7 cm³/mol. The van der Waals surface area contributed by atoms with E-state index in [1.165, 1.54) is 16.0 Å². The second-order valence-electron chi connectivity index (χ2n) is 5.08. The van der Waals surface area contributed by atoms with Crippen molar-refractivity contribution in [2.75, 3.05) is 0 Å². The summed E-state index contributed by atoms with van der Waals surface area (Å²) in [4.78, 5) is 1.42. The Labute approximate surface area is 130 Å². The molecule has 0 radical (unpaired) electrons. The van der Waals surface area contributed by atoms with Gasteiger partial charge in [0.05, 0.1) is 0 Å². The molecule has 0 N–H and O–H groups in total. The van der Waals surface area contributed by atoms with E-state index in [9.17, 15) is 0 Å². The van der Waals surface area contributed by atoms with Gasteiger partial charge in [-0.1, -0.05) is 78.9 Å². The highest BCUT2D eigenvalue weighted by Crippen LogP contribution is 2.27. The molecule has 3 rings (SSSR count). The fourth-order valence-corrected chi connectivity index (χ4v) is 3.23. The van der Waals surface area contributed by atoms with Crippen LogP contribution in [0, 0.1) is 0 Å². The zero-order chi connectivity index (χ0) is 14.3. The first-order chi connectivity index (χ1) is 10.4. The van der Waals surface area contributed by atoms with Gasteiger partial charge in [-0.3, -0.25) is 0 Å². The summed E-state index contributed by atoms with van der Waals surface area (Å²) in [7, 11) is 0. The molecule has 0 saturated carbocycles. The molecule has 0 aliphatic heterocycles. The second-order valence-corrected chi connectivity index (χ2v) is 6.06. The maximum absolute atomic E-state index is 2.33. The second kappa shape index (κ2) is 7.05. The lowest BCUT2D eigenvalue weighted by atomic mass is 9.96. The molecule has 0 bridgehead atoms. The Morgan fingerprint density at radius 1 is 0.810 bits per heavy atom. The minimum atomic E-state index is 0.438. The number of rotatable bonds is 5.